The molecule has 0 radical (unpaired) electrons. The van der Waals surface area contributed by atoms with E-state index in [1.54, 1.807) is 13.3 Å². The van der Waals surface area contributed by atoms with Gasteiger partial charge in [-0.25, -0.2) is 4.98 Å². The van der Waals surface area contributed by atoms with Crippen molar-refractivity contribution in [3.8, 4) is 0 Å². The van der Waals surface area contributed by atoms with Crippen molar-refractivity contribution in [2.24, 2.45) is 0 Å². The van der Waals surface area contributed by atoms with Crippen molar-refractivity contribution in [2.75, 3.05) is 24.8 Å². The van der Waals surface area contributed by atoms with E-state index in [4.69, 9.17) is 10.5 Å². The van der Waals surface area contributed by atoms with Crippen LogP contribution in [-0.4, -0.2) is 24.7 Å². The second-order valence-electron chi connectivity index (χ2n) is 4.02. The first-order valence-electron chi connectivity index (χ1n) is 5.65. The smallest absolute Gasteiger partial charge is 0.129 e. The summed E-state index contributed by atoms with van der Waals surface area (Å²) in [6.07, 6.45) is 3.86. The van der Waals surface area contributed by atoms with Crippen LogP contribution in [0.5, 0.6) is 0 Å². The molecule has 1 heterocycles. The molecule has 1 aromatic rings. The predicted molar refractivity (Wildman–Crippen MR) is 67.6 cm³/mol. The minimum absolute atomic E-state index is 0.310. The van der Waals surface area contributed by atoms with Crippen LogP contribution in [0.1, 0.15) is 25.3 Å². The van der Waals surface area contributed by atoms with Crippen LogP contribution < -0.4 is 11.1 Å². The Hall–Kier alpha value is -1.29. The Balaban J connectivity index is 2.68. The number of rotatable bonds is 6. The van der Waals surface area contributed by atoms with E-state index in [1.165, 1.54) is 0 Å². The SMILES string of the molecule is CCCC(COC)Nc1ncc(N)cc1C. The zero-order valence-corrected chi connectivity index (χ0v) is 10.3. The maximum atomic E-state index is 5.66. The first-order chi connectivity index (χ1) is 7.67. The van der Waals surface area contributed by atoms with E-state index in [2.05, 4.69) is 17.2 Å². The van der Waals surface area contributed by atoms with Crippen LogP contribution in [-0.2, 0) is 4.74 Å². The van der Waals surface area contributed by atoms with Crippen molar-refractivity contribution >= 4 is 11.5 Å². The summed E-state index contributed by atoms with van der Waals surface area (Å²) in [5, 5.41) is 3.38. The fraction of sp³-hybridized carbons (Fsp3) is 0.583. The van der Waals surface area contributed by atoms with Gasteiger partial charge in [0, 0.05) is 7.11 Å². The summed E-state index contributed by atoms with van der Waals surface area (Å²) in [4.78, 5) is 4.29. The van der Waals surface area contributed by atoms with Crippen molar-refractivity contribution in [3.63, 3.8) is 0 Å². The summed E-state index contributed by atoms with van der Waals surface area (Å²) < 4.78 is 5.18. The molecule has 0 amide bonds. The Kier molecular flexibility index (Phi) is 5.05. The van der Waals surface area contributed by atoms with E-state index in [1.807, 2.05) is 13.0 Å². The predicted octanol–water partition coefficient (Wildman–Crippen LogP) is 2.20. The molecule has 0 spiro atoms. The van der Waals surface area contributed by atoms with Crippen LogP contribution in [0.3, 0.4) is 0 Å². The number of aromatic nitrogens is 1. The summed E-state index contributed by atoms with van der Waals surface area (Å²) in [5.74, 6) is 0.893. The molecular formula is C12H21N3O. The number of nitrogens with two attached hydrogens (primary N) is 1. The van der Waals surface area contributed by atoms with E-state index in [0.717, 1.165) is 24.2 Å². The lowest BCUT2D eigenvalue weighted by molar-refractivity contribution is 0.182. The van der Waals surface area contributed by atoms with Crippen LogP contribution in [0.25, 0.3) is 0 Å². The lowest BCUT2D eigenvalue weighted by atomic mass is 10.1. The van der Waals surface area contributed by atoms with E-state index < -0.39 is 0 Å². The number of anilines is 2. The molecule has 90 valence electrons. The molecule has 0 bridgehead atoms. The van der Waals surface area contributed by atoms with Gasteiger partial charge in [0.1, 0.15) is 5.82 Å². The topological polar surface area (TPSA) is 60.2 Å². The van der Waals surface area contributed by atoms with Crippen molar-refractivity contribution in [3.05, 3.63) is 17.8 Å². The number of aryl methyl sites for hydroxylation is 1. The molecule has 3 N–H and O–H groups in total. The van der Waals surface area contributed by atoms with Crippen LogP contribution in [0, 0.1) is 6.92 Å². The van der Waals surface area contributed by atoms with E-state index >= 15 is 0 Å². The number of ether oxygens (including phenoxy) is 1. The zero-order chi connectivity index (χ0) is 12.0. The lowest BCUT2D eigenvalue weighted by Crippen LogP contribution is -2.25. The third-order valence-corrected chi connectivity index (χ3v) is 2.45. The first-order valence-corrected chi connectivity index (χ1v) is 5.65. The van der Waals surface area contributed by atoms with Gasteiger partial charge < -0.3 is 15.8 Å². The van der Waals surface area contributed by atoms with E-state index in [9.17, 15) is 0 Å². The number of nitrogen functional groups attached to an aromatic ring is 1. The minimum atomic E-state index is 0.310. The summed E-state index contributed by atoms with van der Waals surface area (Å²) in [6.45, 7) is 4.86. The highest BCUT2D eigenvalue weighted by Gasteiger charge is 2.09. The van der Waals surface area contributed by atoms with Gasteiger partial charge in [-0.1, -0.05) is 13.3 Å². The fourth-order valence-electron chi connectivity index (χ4n) is 1.69. The molecule has 4 nitrogen and oxygen atoms in total. The summed E-state index contributed by atoms with van der Waals surface area (Å²) in [5.41, 5.74) is 7.42. The molecule has 0 aliphatic rings. The van der Waals surface area contributed by atoms with Gasteiger partial charge in [0.25, 0.3) is 0 Å². The molecule has 1 aromatic heterocycles. The molecule has 1 unspecified atom stereocenters. The normalized spacial score (nSPS) is 12.4. The van der Waals surface area contributed by atoms with Gasteiger partial charge in [-0.15, -0.1) is 0 Å². The molecule has 16 heavy (non-hydrogen) atoms. The Morgan fingerprint density at radius 3 is 2.88 bits per heavy atom. The standard InChI is InChI=1S/C12H21N3O/c1-4-5-11(8-16-3)15-12-9(2)6-10(13)7-14-12/h6-7,11H,4-5,8,13H2,1-3H3,(H,14,15). The molecule has 0 aromatic carbocycles. The van der Waals surface area contributed by atoms with E-state index in [-0.39, 0.29) is 0 Å². The molecule has 0 aliphatic heterocycles. The largest absolute Gasteiger partial charge is 0.397 e. The third kappa shape index (κ3) is 3.70. The average molecular weight is 223 g/mol. The Labute approximate surface area is 97.2 Å². The highest BCUT2D eigenvalue weighted by atomic mass is 16.5. The second kappa shape index (κ2) is 6.33. The van der Waals surface area contributed by atoms with Crippen molar-refractivity contribution in [2.45, 2.75) is 32.7 Å². The van der Waals surface area contributed by atoms with Crippen molar-refractivity contribution in [1.29, 1.82) is 0 Å². The lowest BCUT2D eigenvalue weighted by Gasteiger charge is -2.19. The summed E-state index contributed by atoms with van der Waals surface area (Å²) in [7, 11) is 1.72. The Bertz CT molecular complexity index is 322. The zero-order valence-electron chi connectivity index (χ0n) is 10.3. The Morgan fingerprint density at radius 2 is 2.31 bits per heavy atom. The molecule has 0 aliphatic carbocycles. The average Bonchev–Trinajstić information content (AvgIpc) is 2.23. The number of nitrogens with one attached hydrogen (secondary N) is 1. The number of methoxy groups -OCH3 is 1. The summed E-state index contributed by atoms with van der Waals surface area (Å²) in [6, 6.07) is 2.23. The maximum Gasteiger partial charge on any atom is 0.129 e. The molecule has 0 saturated carbocycles. The second-order valence-corrected chi connectivity index (χ2v) is 4.02. The van der Waals surface area contributed by atoms with Crippen LogP contribution in [0.15, 0.2) is 12.3 Å². The van der Waals surface area contributed by atoms with Crippen LogP contribution in [0.2, 0.25) is 0 Å². The first kappa shape index (κ1) is 12.8. The Morgan fingerprint density at radius 1 is 1.56 bits per heavy atom. The molecule has 0 fully saturated rings. The maximum absolute atomic E-state index is 5.66. The summed E-state index contributed by atoms with van der Waals surface area (Å²) >= 11 is 0. The van der Waals surface area contributed by atoms with Gasteiger partial charge in [0.05, 0.1) is 24.5 Å². The van der Waals surface area contributed by atoms with E-state index in [0.29, 0.717) is 18.3 Å². The molecule has 0 saturated heterocycles. The number of hydrogen-bond donors (Lipinski definition) is 2. The monoisotopic (exact) mass is 223 g/mol. The van der Waals surface area contributed by atoms with Gasteiger partial charge in [0.15, 0.2) is 0 Å². The molecular weight excluding hydrogens is 202 g/mol. The minimum Gasteiger partial charge on any atom is -0.397 e. The number of pyridine rings is 1. The highest BCUT2D eigenvalue weighted by Crippen LogP contribution is 2.16. The number of hydrogen-bond acceptors (Lipinski definition) is 4. The molecule has 1 rings (SSSR count). The van der Waals surface area contributed by atoms with Gasteiger partial charge in [-0.3, -0.25) is 0 Å². The van der Waals surface area contributed by atoms with Gasteiger partial charge in [-0.2, -0.15) is 0 Å². The van der Waals surface area contributed by atoms with Crippen LogP contribution in [0.4, 0.5) is 11.5 Å². The molecule has 4 heteroatoms. The quantitative estimate of drug-likeness (QED) is 0.776. The fourth-order valence-corrected chi connectivity index (χ4v) is 1.69. The van der Waals surface area contributed by atoms with Gasteiger partial charge >= 0.3 is 0 Å². The van der Waals surface area contributed by atoms with Crippen molar-refractivity contribution < 1.29 is 4.74 Å². The van der Waals surface area contributed by atoms with Gasteiger partial charge in [-0.05, 0) is 25.0 Å². The van der Waals surface area contributed by atoms with Gasteiger partial charge in [0.2, 0.25) is 0 Å². The third-order valence-electron chi connectivity index (χ3n) is 2.45. The van der Waals surface area contributed by atoms with Crippen molar-refractivity contribution in [1.82, 2.24) is 4.98 Å². The number of nitrogens with zero attached hydrogens (tertiary/aromatic N) is 1. The van der Waals surface area contributed by atoms with Crippen LogP contribution >= 0.6 is 0 Å². The highest BCUT2D eigenvalue weighted by molar-refractivity contribution is 5.51. The molecule has 1 atom stereocenters.